The molecule has 1 nitrogen and oxygen atoms in total. The third-order valence-electron chi connectivity index (χ3n) is 2.71. The number of benzene rings is 1. The van der Waals surface area contributed by atoms with Gasteiger partial charge in [0.1, 0.15) is 5.75 Å². The van der Waals surface area contributed by atoms with E-state index in [0.717, 1.165) is 0 Å². The van der Waals surface area contributed by atoms with E-state index in [1.807, 2.05) is 6.92 Å². The highest BCUT2D eigenvalue weighted by Crippen LogP contribution is 2.50. The molecule has 16 heavy (non-hydrogen) atoms. The first-order valence-corrected chi connectivity index (χ1v) is 5.74. The second-order valence-corrected chi connectivity index (χ2v) is 4.38. The van der Waals surface area contributed by atoms with E-state index in [2.05, 4.69) is 0 Å². The number of halogens is 3. The number of hydrogen-bond acceptors (Lipinski definition) is 1. The molecule has 1 aliphatic rings. The topological polar surface area (TPSA) is 9.23 Å². The lowest BCUT2D eigenvalue weighted by atomic mass is 10.0. The molecule has 0 heterocycles. The SMILES string of the molecule is CCOc1ccc(C(F)(F)C2CC2)cc1Cl. The molecular formula is C12H13ClF2O. The van der Waals surface area contributed by atoms with Gasteiger partial charge in [-0.05, 0) is 38.0 Å². The Hall–Kier alpha value is -0.830. The lowest BCUT2D eigenvalue weighted by Gasteiger charge is -2.17. The standard InChI is InChI=1S/C12H13ClF2O/c1-2-16-11-6-5-9(7-10(11)13)12(14,15)8-3-4-8/h5-8H,2-4H2,1H3. The maximum Gasteiger partial charge on any atom is 0.276 e. The summed E-state index contributed by atoms with van der Waals surface area (Å²) in [5, 5.41) is 0.250. The summed E-state index contributed by atoms with van der Waals surface area (Å²) in [4.78, 5) is 0. The van der Waals surface area contributed by atoms with Gasteiger partial charge in [-0.3, -0.25) is 0 Å². The minimum absolute atomic E-state index is 0.0107. The van der Waals surface area contributed by atoms with Crippen molar-refractivity contribution >= 4 is 11.6 Å². The van der Waals surface area contributed by atoms with Gasteiger partial charge in [-0.2, -0.15) is 0 Å². The van der Waals surface area contributed by atoms with Gasteiger partial charge in [-0.25, -0.2) is 8.78 Å². The van der Waals surface area contributed by atoms with E-state index in [1.165, 1.54) is 18.2 Å². The molecule has 0 aliphatic heterocycles. The smallest absolute Gasteiger partial charge is 0.276 e. The zero-order valence-electron chi connectivity index (χ0n) is 8.97. The quantitative estimate of drug-likeness (QED) is 0.772. The number of ether oxygens (including phenoxy) is 1. The molecule has 0 saturated heterocycles. The lowest BCUT2D eigenvalue weighted by molar-refractivity contribution is -0.0285. The fourth-order valence-electron chi connectivity index (χ4n) is 1.66. The van der Waals surface area contributed by atoms with Gasteiger partial charge in [0.15, 0.2) is 0 Å². The van der Waals surface area contributed by atoms with Crippen molar-refractivity contribution in [1.29, 1.82) is 0 Å². The van der Waals surface area contributed by atoms with Crippen LogP contribution in [0.5, 0.6) is 5.75 Å². The summed E-state index contributed by atoms with van der Waals surface area (Å²) in [5.74, 6) is -2.81. The van der Waals surface area contributed by atoms with Crippen LogP contribution in [0.25, 0.3) is 0 Å². The van der Waals surface area contributed by atoms with Crippen LogP contribution >= 0.6 is 11.6 Å². The van der Waals surface area contributed by atoms with Crippen LogP contribution in [0.2, 0.25) is 5.02 Å². The molecule has 1 fully saturated rings. The second-order valence-electron chi connectivity index (χ2n) is 3.98. The van der Waals surface area contributed by atoms with E-state index < -0.39 is 11.8 Å². The van der Waals surface area contributed by atoms with E-state index in [9.17, 15) is 8.78 Å². The van der Waals surface area contributed by atoms with Crippen molar-refractivity contribution < 1.29 is 13.5 Å². The summed E-state index contributed by atoms with van der Waals surface area (Å²) >= 11 is 5.88. The summed E-state index contributed by atoms with van der Waals surface area (Å²) < 4.78 is 32.7. The molecule has 0 unspecified atom stereocenters. The Labute approximate surface area is 98.4 Å². The lowest BCUT2D eigenvalue weighted by Crippen LogP contribution is -2.15. The molecule has 0 amide bonds. The van der Waals surface area contributed by atoms with E-state index in [0.29, 0.717) is 25.2 Å². The van der Waals surface area contributed by atoms with Crippen LogP contribution in [-0.4, -0.2) is 6.61 Å². The zero-order chi connectivity index (χ0) is 11.8. The van der Waals surface area contributed by atoms with E-state index in [1.54, 1.807) is 0 Å². The fourth-order valence-corrected chi connectivity index (χ4v) is 1.90. The predicted octanol–water partition coefficient (Wildman–Crippen LogP) is 4.24. The highest BCUT2D eigenvalue weighted by molar-refractivity contribution is 6.32. The van der Waals surface area contributed by atoms with Crippen LogP contribution in [0.15, 0.2) is 18.2 Å². The van der Waals surface area contributed by atoms with Gasteiger partial charge < -0.3 is 4.74 Å². The van der Waals surface area contributed by atoms with Crippen molar-refractivity contribution in [3.63, 3.8) is 0 Å². The maximum atomic E-state index is 13.7. The molecule has 0 aromatic heterocycles. The Morgan fingerprint density at radius 2 is 2.12 bits per heavy atom. The van der Waals surface area contributed by atoms with Crippen LogP contribution in [0.3, 0.4) is 0 Å². The maximum absolute atomic E-state index is 13.7. The Morgan fingerprint density at radius 3 is 2.62 bits per heavy atom. The molecule has 0 N–H and O–H groups in total. The van der Waals surface area contributed by atoms with Crippen LogP contribution in [0.4, 0.5) is 8.78 Å². The molecule has 1 saturated carbocycles. The molecule has 0 radical (unpaired) electrons. The zero-order valence-corrected chi connectivity index (χ0v) is 9.73. The van der Waals surface area contributed by atoms with Crippen molar-refractivity contribution in [2.24, 2.45) is 5.92 Å². The van der Waals surface area contributed by atoms with Gasteiger partial charge >= 0.3 is 0 Å². The third kappa shape index (κ3) is 2.14. The number of rotatable bonds is 4. The van der Waals surface area contributed by atoms with Crippen LogP contribution in [0.1, 0.15) is 25.3 Å². The largest absolute Gasteiger partial charge is 0.492 e. The molecule has 1 aliphatic carbocycles. The van der Waals surface area contributed by atoms with E-state index in [4.69, 9.17) is 16.3 Å². The summed E-state index contributed by atoms with van der Waals surface area (Å²) in [6.45, 7) is 2.29. The average Bonchev–Trinajstić information content (AvgIpc) is 3.04. The average molecular weight is 247 g/mol. The molecule has 88 valence electrons. The summed E-state index contributed by atoms with van der Waals surface area (Å²) in [6, 6.07) is 4.22. The summed E-state index contributed by atoms with van der Waals surface area (Å²) in [6.07, 6.45) is 1.19. The van der Waals surface area contributed by atoms with Crippen molar-refractivity contribution in [3.8, 4) is 5.75 Å². The Kier molecular flexibility index (Phi) is 3.06. The predicted molar refractivity (Wildman–Crippen MR) is 59.2 cm³/mol. The molecule has 0 atom stereocenters. The number of alkyl halides is 2. The Bertz CT molecular complexity index is 389. The first kappa shape index (κ1) is 11.6. The highest BCUT2D eigenvalue weighted by atomic mass is 35.5. The third-order valence-corrected chi connectivity index (χ3v) is 3.00. The summed E-state index contributed by atoms with van der Waals surface area (Å²) in [7, 11) is 0. The van der Waals surface area contributed by atoms with Gasteiger partial charge in [0.25, 0.3) is 5.92 Å². The van der Waals surface area contributed by atoms with Gasteiger partial charge in [-0.15, -0.1) is 0 Å². The van der Waals surface area contributed by atoms with Gasteiger partial charge in [0.05, 0.1) is 11.6 Å². The molecule has 1 aromatic rings. The van der Waals surface area contributed by atoms with Gasteiger partial charge in [0, 0.05) is 11.5 Å². The monoisotopic (exact) mass is 246 g/mol. The minimum atomic E-state index is -2.76. The molecule has 1 aromatic carbocycles. The summed E-state index contributed by atoms with van der Waals surface area (Å²) in [5.41, 5.74) is -0.0107. The van der Waals surface area contributed by atoms with Crippen LogP contribution in [0, 0.1) is 5.92 Å². The second kappa shape index (κ2) is 4.21. The van der Waals surface area contributed by atoms with Crippen LogP contribution < -0.4 is 4.74 Å². The molecule has 4 heteroatoms. The van der Waals surface area contributed by atoms with Crippen molar-refractivity contribution in [1.82, 2.24) is 0 Å². The first-order chi connectivity index (χ1) is 7.55. The Balaban J connectivity index is 2.26. The molecular weight excluding hydrogens is 234 g/mol. The van der Waals surface area contributed by atoms with Crippen molar-refractivity contribution in [2.75, 3.05) is 6.61 Å². The highest BCUT2D eigenvalue weighted by Gasteiger charge is 2.48. The van der Waals surface area contributed by atoms with Gasteiger partial charge in [-0.1, -0.05) is 11.6 Å². The molecule has 0 spiro atoms. The normalized spacial score (nSPS) is 16.2. The molecule has 2 rings (SSSR count). The van der Waals surface area contributed by atoms with Gasteiger partial charge in [0.2, 0.25) is 0 Å². The van der Waals surface area contributed by atoms with Crippen molar-refractivity contribution in [3.05, 3.63) is 28.8 Å². The number of hydrogen-bond donors (Lipinski definition) is 0. The fraction of sp³-hybridized carbons (Fsp3) is 0.500. The van der Waals surface area contributed by atoms with Crippen molar-refractivity contribution in [2.45, 2.75) is 25.7 Å². The van der Waals surface area contributed by atoms with E-state index >= 15 is 0 Å². The first-order valence-electron chi connectivity index (χ1n) is 5.36. The molecule has 0 bridgehead atoms. The minimum Gasteiger partial charge on any atom is -0.492 e. The van der Waals surface area contributed by atoms with Crippen LogP contribution in [-0.2, 0) is 5.92 Å². The van der Waals surface area contributed by atoms with E-state index in [-0.39, 0.29) is 10.6 Å². The Morgan fingerprint density at radius 1 is 1.44 bits per heavy atom.